The molecule has 2 fully saturated rings. The summed E-state index contributed by atoms with van der Waals surface area (Å²) >= 11 is 0. The van der Waals surface area contributed by atoms with Gasteiger partial charge in [0.05, 0.1) is 6.61 Å². The molecule has 3 atom stereocenters. The Kier molecular flexibility index (Phi) is 3.65. The molecule has 3 heterocycles. The standard InChI is InChI=1S/C16H24N4O/c1-17-13-5-2-6-14-12(13)8-18-16(19-14)15-9-20-7-3-4-11(20)10-21-15/h8,11,13,15,17H,2-7,9-10H2,1H3. The Balaban J connectivity index is 1.56. The summed E-state index contributed by atoms with van der Waals surface area (Å²) in [5, 5.41) is 3.37. The largest absolute Gasteiger partial charge is 0.367 e. The summed E-state index contributed by atoms with van der Waals surface area (Å²) < 4.78 is 6.04. The molecule has 1 aromatic heterocycles. The first kappa shape index (κ1) is 13.6. The maximum Gasteiger partial charge on any atom is 0.158 e. The van der Waals surface area contributed by atoms with Crippen molar-refractivity contribution in [1.29, 1.82) is 0 Å². The molecule has 21 heavy (non-hydrogen) atoms. The van der Waals surface area contributed by atoms with E-state index in [4.69, 9.17) is 9.72 Å². The van der Waals surface area contributed by atoms with E-state index in [1.807, 2.05) is 13.2 Å². The topological polar surface area (TPSA) is 50.3 Å². The van der Waals surface area contributed by atoms with E-state index in [2.05, 4.69) is 15.2 Å². The van der Waals surface area contributed by atoms with Gasteiger partial charge in [-0.25, -0.2) is 9.97 Å². The third-order valence-electron chi connectivity index (χ3n) is 5.23. The van der Waals surface area contributed by atoms with Crippen molar-refractivity contribution in [3.05, 3.63) is 23.3 Å². The lowest BCUT2D eigenvalue weighted by atomic mass is 9.92. The summed E-state index contributed by atoms with van der Waals surface area (Å²) in [6.45, 7) is 3.00. The Hall–Kier alpha value is -1.04. The van der Waals surface area contributed by atoms with Gasteiger partial charge in [0, 0.05) is 36.1 Å². The minimum Gasteiger partial charge on any atom is -0.367 e. The lowest BCUT2D eigenvalue weighted by Gasteiger charge is -2.34. The van der Waals surface area contributed by atoms with Gasteiger partial charge in [-0.2, -0.15) is 0 Å². The van der Waals surface area contributed by atoms with Crippen molar-refractivity contribution < 1.29 is 4.74 Å². The average molecular weight is 288 g/mol. The van der Waals surface area contributed by atoms with Gasteiger partial charge in [-0.1, -0.05) is 0 Å². The van der Waals surface area contributed by atoms with Crippen LogP contribution in [0.2, 0.25) is 0 Å². The molecule has 4 rings (SSSR count). The van der Waals surface area contributed by atoms with Crippen molar-refractivity contribution in [3.8, 4) is 0 Å². The van der Waals surface area contributed by atoms with E-state index in [1.54, 1.807) is 0 Å². The molecule has 2 saturated heterocycles. The quantitative estimate of drug-likeness (QED) is 0.896. The van der Waals surface area contributed by atoms with Crippen LogP contribution in [0.3, 0.4) is 0 Å². The highest BCUT2D eigenvalue weighted by atomic mass is 16.5. The number of hydrogen-bond acceptors (Lipinski definition) is 5. The summed E-state index contributed by atoms with van der Waals surface area (Å²) in [4.78, 5) is 12.0. The van der Waals surface area contributed by atoms with Crippen LogP contribution in [0.1, 0.15) is 54.9 Å². The average Bonchev–Trinajstić information content (AvgIpc) is 3.01. The first-order valence-electron chi connectivity index (χ1n) is 8.24. The normalized spacial score (nSPS) is 32.7. The van der Waals surface area contributed by atoms with Crippen molar-refractivity contribution in [3.63, 3.8) is 0 Å². The summed E-state index contributed by atoms with van der Waals surface area (Å²) in [5.74, 6) is 0.885. The van der Waals surface area contributed by atoms with Crippen molar-refractivity contribution >= 4 is 0 Å². The molecular formula is C16H24N4O. The maximum absolute atomic E-state index is 6.04. The van der Waals surface area contributed by atoms with E-state index in [9.17, 15) is 0 Å². The van der Waals surface area contributed by atoms with Crippen LogP contribution >= 0.6 is 0 Å². The van der Waals surface area contributed by atoms with Crippen molar-refractivity contribution in [2.45, 2.75) is 50.3 Å². The van der Waals surface area contributed by atoms with Crippen LogP contribution in [0, 0.1) is 0 Å². The van der Waals surface area contributed by atoms with E-state index in [0.29, 0.717) is 12.1 Å². The zero-order valence-corrected chi connectivity index (χ0v) is 12.7. The Bertz CT molecular complexity index is 521. The Morgan fingerprint density at radius 2 is 2.29 bits per heavy atom. The molecule has 3 aliphatic rings. The number of rotatable bonds is 2. The molecule has 0 saturated carbocycles. The van der Waals surface area contributed by atoms with Crippen LogP contribution in [0.5, 0.6) is 0 Å². The van der Waals surface area contributed by atoms with Gasteiger partial charge < -0.3 is 10.1 Å². The molecule has 0 spiro atoms. The number of hydrogen-bond donors (Lipinski definition) is 1. The van der Waals surface area contributed by atoms with Gasteiger partial charge in [0.2, 0.25) is 0 Å². The fraction of sp³-hybridized carbons (Fsp3) is 0.750. The molecule has 0 bridgehead atoms. The van der Waals surface area contributed by atoms with Crippen LogP contribution in [-0.2, 0) is 11.2 Å². The van der Waals surface area contributed by atoms with Gasteiger partial charge in [-0.15, -0.1) is 0 Å². The molecule has 3 unspecified atom stereocenters. The van der Waals surface area contributed by atoms with E-state index >= 15 is 0 Å². The van der Waals surface area contributed by atoms with Crippen molar-refractivity contribution in [2.24, 2.45) is 0 Å². The summed E-state index contributed by atoms with van der Waals surface area (Å²) in [5.41, 5.74) is 2.50. The fourth-order valence-corrected chi connectivity index (χ4v) is 3.99. The molecule has 0 aromatic carbocycles. The van der Waals surface area contributed by atoms with Crippen LogP contribution in [0.25, 0.3) is 0 Å². The minimum absolute atomic E-state index is 0.0552. The number of ether oxygens (including phenoxy) is 1. The Labute approximate surface area is 126 Å². The first-order chi connectivity index (χ1) is 10.3. The molecule has 1 aromatic rings. The second-order valence-corrected chi connectivity index (χ2v) is 6.48. The van der Waals surface area contributed by atoms with Gasteiger partial charge in [-0.3, -0.25) is 4.90 Å². The summed E-state index contributed by atoms with van der Waals surface area (Å²) in [6, 6.07) is 1.05. The van der Waals surface area contributed by atoms with Crippen molar-refractivity contribution in [2.75, 3.05) is 26.7 Å². The van der Waals surface area contributed by atoms with Crippen LogP contribution in [0.15, 0.2) is 6.20 Å². The van der Waals surface area contributed by atoms with E-state index < -0.39 is 0 Å². The SMILES string of the molecule is CNC1CCCc2nc(C3CN4CCCC4CO3)ncc21. The number of morpholine rings is 1. The van der Waals surface area contributed by atoms with Gasteiger partial charge in [-0.05, 0) is 45.7 Å². The molecule has 2 aliphatic heterocycles. The first-order valence-corrected chi connectivity index (χ1v) is 8.24. The number of nitrogens with one attached hydrogen (secondary N) is 1. The second-order valence-electron chi connectivity index (χ2n) is 6.48. The van der Waals surface area contributed by atoms with Crippen LogP contribution in [0.4, 0.5) is 0 Å². The minimum atomic E-state index is 0.0552. The fourth-order valence-electron chi connectivity index (χ4n) is 3.99. The lowest BCUT2D eigenvalue weighted by molar-refractivity contribution is -0.0542. The number of aromatic nitrogens is 2. The maximum atomic E-state index is 6.04. The lowest BCUT2D eigenvalue weighted by Crippen LogP contribution is -2.43. The summed E-state index contributed by atoms with van der Waals surface area (Å²) in [7, 11) is 2.02. The highest BCUT2D eigenvalue weighted by Gasteiger charge is 2.34. The van der Waals surface area contributed by atoms with Crippen LogP contribution in [-0.4, -0.2) is 47.7 Å². The molecule has 0 radical (unpaired) electrons. The Morgan fingerprint density at radius 3 is 3.19 bits per heavy atom. The second kappa shape index (κ2) is 5.63. The van der Waals surface area contributed by atoms with Gasteiger partial charge in [0.15, 0.2) is 5.82 Å². The van der Waals surface area contributed by atoms with Crippen LogP contribution < -0.4 is 5.32 Å². The predicted molar refractivity (Wildman–Crippen MR) is 80.1 cm³/mol. The predicted octanol–water partition coefficient (Wildman–Crippen LogP) is 1.61. The number of fused-ring (bicyclic) bond motifs is 2. The monoisotopic (exact) mass is 288 g/mol. The molecule has 5 heteroatoms. The molecule has 1 aliphatic carbocycles. The van der Waals surface area contributed by atoms with E-state index in [0.717, 1.165) is 25.4 Å². The third-order valence-corrected chi connectivity index (χ3v) is 5.23. The van der Waals surface area contributed by atoms with E-state index in [1.165, 1.54) is 43.5 Å². The smallest absolute Gasteiger partial charge is 0.158 e. The van der Waals surface area contributed by atoms with Crippen molar-refractivity contribution in [1.82, 2.24) is 20.2 Å². The molecule has 1 N–H and O–H groups in total. The van der Waals surface area contributed by atoms with E-state index in [-0.39, 0.29) is 6.10 Å². The van der Waals surface area contributed by atoms with Gasteiger partial charge in [0.1, 0.15) is 6.10 Å². The number of aryl methyl sites for hydroxylation is 1. The van der Waals surface area contributed by atoms with Gasteiger partial charge >= 0.3 is 0 Å². The highest BCUT2D eigenvalue weighted by molar-refractivity contribution is 5.25. The van der Waals surface area contributed by atoms with Gasteiger partial charge in [0.25, 0.3) is 0 Å². The molecular weight excluding hydrogens is 264 g/mol. The zero-order valence-electron chi connectivity index (χ0n) is 12.7. The summed E-state index contributed by atoms with van der Waals surface area (Å²) in [6.07, 6.45) is 8.12. The molecule has 114 valence electrons. The molecule has 0 amide bonds. The zero-order chi connectivity index (χ0) is 14.2. The number of nitrogens with zero attached hydrogens (tertiary/aromatic N) is 3. The third kappa shape index (κ3) is 2.47. The molecule has 5 nitrogen and oxygen atoms in total. The Morgan fingerprint density at radius 1 is 1.33 bits per heavy atom. The highest BCUT2D eigenvalue weighted by Crippen LogP contribution is 2.31.